The maximum atomic E-state index is 13.6. The molecule has 2 rings (SSSR count). The van der Waals surface area contributed by atoms with E-state index in [2.05, 4.69) is 15.9 Å². The van der Waals surface area contributed by atoms with Crippen LogP contribution in [0.25, 0.3) is 0 Å². The second-order valence-corrected chi connectivity index (χ2v) is 4.99. The van der Waals surface area contributed by atoms with Crippen molar-refractivity contribution in [1.82, 2.24) is 0 Å². The third-order valence-electron chi connectivity index (χ3n) is 2.77. The van der Waals surface area contributed by atoms with Gasteiger partial charge in [-0.15, -0.1) is 0 Å². The summed E-state index contributed by atoms with van der Waals surface area (Å²) in [5.41, 5.74) is -1.14. The molecule has 0 radical (unpaired) electrons. The predicted octanol–water partition coefficient (Wildman–Crippen LogP) is 4.05. The van der Waals surface area contributed by atoms with E-state index in [0.29, 0.717) is 6.07 Å². The van der Waals surface area contributed by atoms with Crippen molar-refractivity contribution in [2.24, 2.45) is 5.92 Å². The van der Waals surface area contributed by atoms with E-state index in [1.165, 1.54) is 0 Å². The van der Waals surface area contributed by atoms with Gasteiger partial charge in [-0.2, -0.15) is 13.2 Å². The maximum Gasteiger partial charge on any atom is 0.416 e. The van der Waals surface area contributed by atoms with Crippen LogP contribution in [-0.2, 0) is 6.18 Å². The Morgan fingerprint density at radius 2 is 1.88 bits per heavy atom. The molecule has 17 heavy (non-hydrogen) atoms. The molecule has 0 saturated heterocycles. The lowest BCUT2D eigenvalue weighted by atomic mass is 10.0. The molecule has 0 spiro atoms. The fraction of sp³-hybridized carbons (Fsp3) is 0.455. The molecule has 1 unspecified atom stereocenters. The normalized spacial score (nSPS) is 18.2. The van der Waals surface area contributed by atoms with Crippen LogP contribution in [0.3, 0.4) is 0 Å². The topological polar surface area (TPSA) is 20.2 Å². The van der Waals surface area contributed by atoms with Gasteiger partial charge in [0.2, 0.25) is 0 Å². The van der Waals surface area contributed by atoms with Crippen molar-refractivity contribution in [2.75, 3.05) is 0 Å². The highest BCUT2D eigenvalue weighted by Gasteiger charge is 2.36. The smallest absolute Gasteiger partial charge is 0.388 e. The fourth-order valence-corrected chi connectivity index (χ4v) is 2.35. The zero-order valence-electron chi connectivity index (χ0n) is 8.56. The Balaban J connectivity index is 2.42. The average Bonchev–Trinajstić information content (AvgIpc) is 2.97. The van der Waals surface area contributed by atoms with Gasteiger partial charge in [0.15, 0.2) is 0 Å². The molecular weight excluding hydrogens is 304 g/mol. The number of aliphatic hydroxyl groups excluding tert-OH is 1. The van der Waals surface area contributed by atoms with Gasteiger partial charge in [-0.05, 0) is 30.9 Å². The number of aliphatic hydroxyl groups is 1. The van der Waals surface area contributed by atoms with Crippen molar-refractivity contribution >= 4 is 15.9 Å². The van der Waals surface area contributed by atoms with E-state index >= 15 is 0 Å². The summed E-state index contributed by atoms with van der Waals surface area (Å²) >= 11 is 2.89. The highest BCUT2D eigenvalue weighted by molar-refractivity contribution is 9.10. The van der Waals surface area contributed by atoms with Gasteiger partial charge in [0.1, 0.15) is 5.82 Å². The summed E-state index contributed by atoms with van der Waals surface area (Å²) in [6, 6.07) is 1.22. The zero-order valence-corrected chi connectivity index (χ0v) is 10.1. The molecule has 1 aliphatic carbocycles. The lowest BCUT2D eigenvalue weighted by Crippen LogP contribution is -2.10. The van der Waals surface area contributed by atoms with Gasteiger partial charge in [-0.1, -0.05) is 15.9 Å². The SMILES string of the molecule is OC(c1c(F)cc(C(F)(F)F)cc1Br)C1CC1. The Bertz CT molecular complexity index is 417. The summed E-state index contributed by atoms with van der Waals surface area (Å²) in [5.74, 6) is -1.07. The maximum absolute atomic E-state index is 13.6. The van der Waals surface area contributed by atoms with Crippen molar-refractivity contribution in [1.29, 1.82) is 0 Å². The minimum atomic E-state index is -4.59. The van der Waals surface area contributed by atoms with Crippen molar-refractivity contribution < 1.29 is 22.7 Å². The molecule has 0 heterocycles. The molecule has 94 valence electrons. The summed E-state index contributed by atoms with van der Waals surface area (Å²) in [7, 11) is 0. The highest BCUT2D eigenvalue weighted by atomic mass is 79.9. The van der Waals surface area contributed by atoms with E-state index < -0.39 is 23.7 Å². The quantitative estimate of drug-likeness (QED) is 0.817. The van der Waals surface area contributed by atoms with Crippen molar-refractivity contribution in [3.05, 3.63) is 33.5 Å². The molecule has 1 aromatic rings. The van der Waals surface area contributed by atoms with Crippen molar-refractivity contribution in [2.45, 2.75) is 25.1 Å². The molecule has 0 amide bonds. The van der Waals surface area contributed by atoms with Gasteiger partial charge >= 0.3 is 6.18 Å². The second-order valence-electron chi connectivity index (χ2n) is 4.13. The molecule has 1 aliphatic rings. The molecular formula is C11H9BrF4O. The number of halogens is 5. The second kappa shape index (κ2) is 4.24. The van der Waals surface area contributed by atoms with Crippen LogP contribution in [0.4, 0.5) is 17.6 Å². The minimum absolute atomic E-state index is 0.0378. The van der Waals surface area contributed by atoms with Gasteiger partial charge in [0.05, 0.1) is 11.7 Å². The van der Waals surface area contributed by atoms with E-state index in [0.717, 1.165) is 18.9 Å². The minimum Gasteiger partial charge on any atom is -0.388 e. The van der Waals surface area contributed by atoms with Crippen LogP contribution in [-0.4, -0.2) is 5.11 Å². The Hall–Kier alpha value is -0.620. The molecule has 1 saturated carbocycles. The van der Waals surface area contributed by atoms with Crippen LogP contribution >= 0.6 is 15.9 Å². The summed E-state index contributed by atoms with van der Waals surface area (Å²) in [4.78, 5) is 0. The van der Waals surface area contributed by atoms with Crippen LogP contribution in [0.15, 0.2) is 16.6 Å². The monoisotopic (exact) mass is 312 g/mol. The Labute approximate surface area is 104 Å². The van der Waals surface area contributed by atoms with E-state index in [1.807, 2.05) is 0 Å². The van der Waals surface area contributed by atoms with Crippen molar-refractivity contribution in [3.8, 4) is 0 Å². The summed E-state index contributed by atoms with van der Waals surface area (Å²) < 4.78 is 50.8. The summed E-state index contributed by atoms with van der Waals surface area (Å²) in [6.07, 6.45) is -4.08. The predicted molar refractivity (Wildman–Crippen MR) is 56.8 cm³/mol. The van der Waals surface area contributed by atoms with Crippen LogP contribution in [0, 0.1) is 11.7 Å². The molecule has 1 atom stereocenters. The first-order chi connectivity index (χ1) is 7.80. The Kier molecular flexibility index (Phi) is 3.20. The molecule has 1 fully saturated rings. The van der Waals surface area contributed by atoms with Crippen LogP contribution in [0.1, 0.15) is 30.1 Å². The largest absolute Gasteiger partial charge is 0.416 e. The molecule has 0 aliphatic heterocycles. The van der Waals surface area contributed by atoms with Gasteiger partial charge < -0.3 is 5.11 Å². The van der Waals surface area contributed by atoms with E-state index in [1.54, 1.807) is 0 Å². The van der Waals surface area contributed by atoms with Crippen LogP contribution < -0.4 is 0 Å². The number of rotatable bonds is 2. The van der Waals surface area contributed by atoms with Crippen molar-refractivity contribution in [3.63, 3.8) is 0 Å². The van der Waals surface area contributed by atoms with Gasteiger partial charge in [-0.25, -0.2) is 4.39 Å². The molecule has 0 aromatic heterocycles. The first-order valence-corrected chi connectivity index (χ1v) is 5.84. The number of benzene rings is 1. The van der Waals surface area contributed by atoms with Crippen LogP contribution in [0.5, 0.6) is 0 Å². The first kappa shape index (κ1) is 12.8. The molecule has 1 nitrogen and oxygen atoms in total. The standard InChI is InChI=1S/C11H9BrF4O/c12-7-3-6(11(14,15)16)4-8(13)9(7)10(17)5-1-2-5/h3-5,10,17H,1-2H2. The van der Waals surface area contributed by atoms with E-state index in [-0.39, 0.29) is 16.0 Å². The lowest BCUT2D eigenvalue weighted by molar-refractivity contribution is -0.137. The third-order valence-corrected chi connectivity index (χ3v) is 3.43. The molecule has 1 aromatic carbocycles. The Morgan fingerprint density at radius 3 is 2.29 bits per heavy atom. The lowest BCUT2D eigenvalue weighted by Gasteiger charge is -2.15. The van der Waals surface area contributed by atoms with E-state index in [4.69, 9.17) is 0 Å². The summed E-state index contributed by atoms with van der Waals surface area (Å²) in [5, 5.41) is 9.76. The molecule has 0 bridgehead atoms. The molecule has 1 N–H and O–H groups in total. The van der Waals surface area contributed by atoms with Gasteiger partial charge in [0.25, 0.3) is 0 Å². The fourth-order valence-electron chi connectivity index (χ4n) is 1.68. The van der Waals surface area contributed by atoms with Gasteiger partial charge in [0, 0.05) is 10.0 Å². The van der Waals surface area contributed by atoms with E-state index in [9.17, 15) is 22.7 Å². The zero-order chi connectivity index (χ0) is 12.8. The highest BCUT2D eigenvalue weighted by Crippen LogP contribution is 2.44. The first-order valence-electron chi connectivity index (χ1n) is 5.05. The Morgan fingerprint density at radius 1 is 1.29 bits per heavy atom. The average molecular weight is 313 g/mol. The van der Waals surface area contributed by atoms with Gasteiger partial charge in [-0.3, -0.25) is 0 Å². The molecule has 6 heteroatoms. The third kappa shape index (κ3) is 2.63. The number of hydrogen-bond donors (Lipinski definition) is 1. The number of hydrogen-bond acceptors (Lipinski definition) is 1. The number of alkyl halides is 3. The summed E-state index contributed by atoms with van der Waals surface area (Å²) in [6.45, 7) is 0. The van der Waals surface area contributed by atoms with Crippen LogP contribution in [0.2, 0.25) is 0 Å².